The van der Waals surface area contributed by atoms with Crippen LogP contribution in [-0.2, 0) is 0 Å². The fraction of sp³-hybridized carbons (Fsp3) is 0.250. The maximum absolute atomic E-state index is 5.07. The van der Waals surface area contributed by atoms with Crippen LogP contribution in [0.4, 0.5) is 0 Å². The number of thioether (sulfide) groups is 1. The summed E-state index contributed by atoms with van der Waals surface area (Å²) in [6, 6.07) is 8.49. The molecule has 0 unspecified atom stereocenters. The average molecular weight is 251 g/mol. The monoisotopic (exact) mass is 251 g/mol. The minimum Gasteiger partial charge on any atom is -0.480 e. The first-order valence-corrected chi connectivity index (χ1v) is 6.92. The lowest BCUT2D eigenvalue weighted by Gasteiger charge is -1.99. The van der Waals surface area contributed by atoms with E-state index >= 15 is 0 Å². The molecule has 0 atom stereocenters. The first-order chi connectivity index (χ1) is 7.83. The predicted molar refractivity (Wildman–Crippen MR) is 70.5 cm³/mol. The largest absolute Gasteiger partial charge is 0.480 e. The van der Waals surface area contributed by atoms with E-state index in [-0.39, 0.29) is 0 Å². The standard InChI is InChI=1S/C12H13NOS2/c1-3-15-10-6-4-9(5-7-10)12-13-11(14-2)8-16-12/h4-8H,3H2,1-2H3. The molecule has 2 rings (SSSR count). The zero-order valence-electron chi connectivity index (χ0n) is 9.27. The van der Waals surface area contributed by atoms with Gasteiger partial charge in [0.05, 0.1) is 12.5 Å². The van der Waals surface area contributed by atoms with Gasteiger partial charge in [-0.15, -0.1) is 23.1 Å². The molecule has 84 valence electrons. The van der Waals surface area contributed by atoms with E-state index in [9.17, 15) is 0 Å². The van der Waals surface area contributed by atoms with Crippen molar-refractivity contribution in [2.45, 2.75) is 11.8 Å². The van der Waals surface area contributed by atoms with Crippen LogP contribution in [-0.4, -0.2) is 17.8 Å². The average Bonchev–Trinajstić information content (AvgIpc) is 2.79. The Kier molecular flexibility index (Phi) is 3.85. The highest BCUT2D eigenvalue weighted by Gasteiger charge is 2.04. The Morgan fingerprint density at radius 2 is 2.06 bits per heavy atom. The van der Waals surface area contributed by atoms with Gasteiger partial charge in [-0.25, -0.2) is 4.98 Å². The summed E-state index contributed by atoms with van der Waals surface area (Å²) >= 11 is 3.45. The van der Waals surface area contributed by atoms with Crippen LogP contribution in [0.1, 0.15) is 6.92 Å². The first-order valence-electron chi connectivity index (χ1n) is 5.06. The van der Waals surface area contributed by atoms with Gasteiger partial charge in [-0.2, -0.15) is 0 Å². The fourth-order valence-corrected chi connectivity index (χ4v) is 2.78. The maximum Gasteiger partial charge on any atom is 0.224 e. The molecule has 2 nitrogen and oxygen atoms in total. The lowest BCUT2D eigenvalue weighted by molar-refractivity contribution is 0.401. The van der Waals surface area contributed by atoms with Gasteiger partial charge >= 0.3 is 0 Å². The zero-order chi connectivity index (χ0) is 11.4. The van der Waals surface area contributed by atoms with Crippen LogP contribution in [0.15, 0.2) is 34.5 Å². The van der Waals surface area contributed by atoms with Crippen LogP contribution < -0.4 is 4.74 Å². The van der Waals surface area contributed by atoms with Gasteiger partial charge in [0.25, 0.3) is 0 Å². The van der Waals surface area contributed by atoms with E-state index in [1.54, 1.807) is 18.4 Å². The molecule has 1 aromatic heterocycles. The molecule has 0 aliphatic heterocycles. The lowest BCUT2D eigenvalue weighted by Crippen LogP contribution is -1.82. The molecule has 1 aromatic carbocycles. The second kappa shape index (κ2) is 5.37. The van der Waals surface area contributed by atoms with Crippen molar-refractivity contribution in [2.24, 2.45) is 0 Å². The molecule has 1 heterocycles. The molecule has 0 spiro atoms. The third-order valence-electron chi connectivity index (χ3n) is 2.10. The fourth-order valence-electron chi connectivity index (χ4n) is 1.35. The van der Waals surface area contributed by atoms with Crippen molar-refractivity contribution >= 4 is 23.1 Å². The third-order valence-corrected chi connectivity index (χ3v) is 3.87. The summed E-state index contributed by atoms with van der Waals surface area (Å²) in [5, 5.41) is 2.93. The van der Waals surface area contributed by atoms with E-state index in [4.69, 9.17) is 4.74 Å². The second-order valence-electron chi connectivity index (χ2n) is 3.15. The predicted octanol–water partition coefficient (Wildman–Crippen LogP) is 3.93. The molecule has 0 N–H and O–H groups in total. The number of ether oxygens (including phenoxy) is 1. The van der Waals surface area contributed by atoms with Gasteiger partial charge in [0.15, 0.2) is 0 Å². The zero-order valence-corrected chi connectivity index (χ0v) is 10.9. The molecule has 0 saturated carbocycles. The first kappa shape index (κ1) is 11.5. The van der Waals surface area contributed by atoms with Gasteiger partial charge in [-0.3, -0.25) is 0 Å². The van der Waals surface area contributed by atoms with Gasteiger partial charge in [0.1, 0.15) is 5.01 Å². The molecule has 0 radical (unpaired) electrons. The Bertz CT molecular complexity index is 450. The van der Waals surface area contributed by atoms with Crippen molar-refractivity contribution in [3.63, 3.8) is 0 Å². The smallest absolute Gasteiger partial charge is 0.224 e. The van der Waals surface area contributed by atoms with Crippen LogP contribution in [0.25, 0.3) is 10.6 Å². The molecule has 0 bridgehead atoms. The minimum absolute atomic E-state index is 0.687. The Hall–Kier alpha value is -1.00. The number of rotatable bonds is 4. The van der Waals surface area contributed by atoms with E-state index in [1.807, 2.05) is 17.1 Å². The van der Waals surface area contributed by atoms with E-state index in [1.165, 1.54) is 4.90 Å². The van der Waals surface area contributed by atoms with Crippen molar-refractivity contribution in [1.82, 2.24) is 4.98 Å². The number of thiazole rings is 1. The highest BCUT2D eigenvalue weighted by Crippen LogP contribution is 2.28. The van der Waals surface area contributed by atoms with E-state index in [0.29, 0.717) is 5.88 Å². The topological polar surface area (TPSA) is 22.1 Å². The normalized spacial score (nSPS) is 10.4. The maximum atomic E-state index is 5.07. The molecular weight excluding hydrogens is 238 g/mol. The van der Waals surface area contributed by atoms with Crippen LogP contribution in [0.5, 0.6) is 5.88 Å². The van der Waals surface area contributed by atoms with Gasteiger partial charge in [-0.1, -0.05) is 19.1 Å². The van der Waals surface area contributed by atoms with Crippen LogP contribution >= 0.6 is 23.1 Å². The summed E-state index contributed by atoms with van der Waals surface area (Å²) in [5.74, 6) is 1.79. The van der Waals surface area contributed by atoms with Crippen molar-refractivity contribution < 1.29 is 4.74 Å². The molecule has 0 amide bonds. The van der Waals surface area contributed by atoms with Crippen LogP contribution in [0.3, 0.4) is 0 Å². The van der Waals surface area contributed by atoms with E-state index in [0.717, 1.165) is 16.3 Å². The molecule has 0 aliphatic carbocycles. The van der Waals surface area contributed by atoms with E-state index < -0.39 is 0 Å². The summed E-state index contributed by atoms with van der Waals surface area (Å²) < 4.78 is 5.07. The molecule has 2 aromatic rings. The number of aromatic nitrogens is 1. The molecule has 16 heavy (non-hydrogen) atoms. The van der Waals surface area contributed by atoms with Gasteiger partial charge < -0.3 is 4.74 Å². The summed E-state index contributed by atoms with van der Waals surface area (Å²) in [7, 11) is 1.64. The molecule has 0 aliphatic rings. The Labute approximate surface area is 104 Å². The number of hydrogen-bond acceptors (Lipinski definition) is 4. The van der Waals surface area contributed by atoms with E-state index in [2.05, 4.69) is 36.2 Å². The SMILES string of the molecule is CCSc1ccc(-c2nc(OC)cs2)cc1. The Morgan fingerprint density at radius 1 is 1.31 bits per heavy atom. The van der Waals surface area contributed by atoms with Crippen molar-refractivity contribution in [2.75, 3.05) is 12.9 Å². The number of nitrogens with zero attached hydrogens (tertiary/aromatic N) is 1. The molecule has 0 saturated heterocycles. The highest BCUT2D eigenvalue weighted by atomic mass is 32.2. The number of hydrogen-bond donors (Lipinski definition) is 0. The van der Waals surface area contributed by atoms with Crippen molar-refractivity contribution in [1.29, 1.82) is 0 Å². The lowest BCUT2D eigenvalue weighted by atomic mass is 10.2. The van der Waals surface area contributed by atoms with Crippen LogP contribution in [0, 0.1) is 0 Å². The van der Waals surface area contributed by atoms with Gasteiger partial charge in [-0.05, 0) is 17.9 Å². The van der Waals surface area contributed by atoms with Crippen molar-refractivity contribution in [3.05, 3.63) is 29.6 Å². The summed E-state index contributed by atoms with van der Waals surface area (Å²) in [6.45, 7) is 2.16. The van der Waals surface area contributed by atoms with Gasteiger partial charge in [0, 0.05) is 10.5 Å². The number of methoxy groups -OCH3 is 1. The molecule has 4 heteroatoms. The Balaban J connectivity index is 2.20. The second-order valence-corrected chi connectivity index (χ2v) is 5.35. The quantitative estimate of drug-likeness (QED) is 0.769. The molecular formula is C12H13NOS2. The minimum atomic E-state index is 0.687. The van der Waals surface area contributed by atoms with Gasteiger partial charge in [0.2, 0.25) is 5.88 Å². The molecule has 0 fully saturated rings. The summed E-state index contributed by atoms with van der Waals surface area (Å²) in [4.78, 5) is 5.66. The Morgan fingerprint density at radius 3 is 2.62 bits per heavy atom. The summed E-state index contributed by atoms with van der Waals surface area (Å²) in [6.07, 6.45) is 0. The summed E-state index contributed by atoms with van der Waals surface area (Å²) in [5.41, 5.74) is 1.15. The van der Waals surface area contributed by atoms with Crippen molar-refractivity contribution in [3.8, 4) is 16.5 Å². The number of benzene rings is 1. The third kappa shape index (κ3) is 2.57. The highest BCUT2D eigenvalue weighted by molar-refractivity contribution is 7.99. The van der Waals surface area contributed by atoms with Crippen LogP contribution in [0.2, 0.25) is 0 Å².